The summed E-state index contributed by atoms with van der Waals surface area (Å²) < 4.78 is 5.37. The zero-order chi connectivity index (χ0) is 19.3. The van der Waals surface area contributed by atoms with E-state index in [4.69, 9.17) is 15.5 Å². The standard InChI is InChI=1S/C21H27N5O2/c22-16-6-8-17(9-7-16)24-20-18(21(27)26-10-12-28-13-11-26)14-23-19(25-20)15-4-2-1-3-5-15/h1-5,14,16-17H,6-13,22H2,(H,23,24,25)/t16-,17-. The monoisotopic (exact) mass is 381 g/mol. The molecule has 1 aliphatic heterocycles. The number of hydrogen-bond acceptors (Lipinski definition) is 6. The van der Waals surface area contributed by atoms with Gasteiger partial charge < -0.3 is 20.7 Å². The molecule has 0 unspecified atom stereocenters. The number of nitrogens with one attached hydrogen (secondary N) is 1. The van der Waals surface area contributed by atoms with Crippen molar-refractivity contribution in [1.82, 2.24) is 14.9 Å². The average Bonchev–Trinajstić information content (AvgIpc) is 2.76. The third-order valence-electron chi connectivity index (χ3n) is 5.46. The van der Waals surface area contributed by atoms with Gasteiger partial charge in [-0.15, -0.1) is 0 Å². The molecule has 4 rings (SSSR count). The van der Waals surface area contributed by atoms with Crippen molar-refractivity contribution in [2.75, 3.05) is 31.6 Å². The van der Waals surface area contributed by atoms with E-state index in [1.165, 1.54) is 0 Å². The molecular formula is C21H27N5O2. The van der Waals surface area contributed by atoms with E-state index in [2.05, 4.69) is 10.3 Å². The zero-order valence-corrected chi connectivity index (χ0v) is 16.0. The van der Waals surface area contributed by atoms with Crippen LogP contribution in [0.5, 0.6) is 0 Å². The molecule has 3 N–H and O–H groups in total. The number of nitrogens with zero attached hydrogens (tertiary/aromatic N) is 3. The molecule has 7 nitrogen and oxygen atoms in total. The molecule has 0 spiro atoms. The first-order valence-corrected chi connectivity index (χ1v) is 10.0. The normalized spacial score (nSPS) is 22.7. The van der Waals surface area contributed by atoms with Crippen LogP contribution in [0.3, 0.4) is 0 Å². The first kappa shape index (κ1) is 18.8. The molecule has 1 saturated carbocycles. The van der Waals surface area contributed by atoms with Crippen molar-refractivity contribution < 1.29 is 9.53 Å². The van der Waals surface area contributed by atoms with E-state index in [1.807, 2.05) is 35.2 Å². The van der Waals surface area contributed by atoms with Gasteiger partial charge in [0.05, 0.1) is 13.2 Å². The molecule has 2 aromatic rings. The Morgan fingerprint density at radius 1 is 1.11 bits per heavy atom. The van der Waals surface area contributed by atoms with Crippen LogP contribution >= 0.6 is 0 Å². The molecule has 0 bridgehead atoms. The summed E-state index contributed by atoms with van der Waals surface area (Å²) in [6, 6.07) is 10.4. The Balaban J connectivity index is 1.63. The summed E-state index contributed by atoms with van der Waals surface area (Å²) in [5.41, 5.74) is 7.50. The summed E-state index contributed by atoms with van der Waals surface area (Å²) in [7, 11) is 0. The van der Waals surface area contributed by atoms with E-state index in [0.717, 1.165) is 31.2 Å². The minimum Gasteiger partial charge on any atom is -0.378 e. The van der Waals surface area contributed by atoms with E-state index in [1.54, 1.807) is 6.20 Å². The fourth-order valence-corrected chi connectivity index (χ4v) is 3.77. The Kier molecular flexibility index (Phi) is 5.83. The number of morpholine rings is 1. The van der Waals surface area contributed by atoms with Gasteiger partial charge in [-0.25, -0.2) is 9.97 Å². The van der Waals surface area contributed by atoms with Gasteiger partial charge in [0.15, 0.2) is 5.82 Å². The predicted molar refractivity (Wildman–Crippen MR) is 108 cm³/mol. The Morgan fingerprint density at radius 2 is 1.82 bits per heavy atom. The summed E-state index contributed by atoms with van der Waals surface area (Å²) in [5.74, 6) is 1.19. The predicted octanol–water partition coefficient (Wildman–Crippen LogP) is 2.30. The van der Waals surface area contributed by atoms with Gasteiger partial charge in [-0.05, 0) is 25.7 Å². The summed E-state index contributed by atoms with van der Waals surface area (Å²) >= 11 is 0. The highest BCUT2D eigenvalue weighted by atomic mass is 16.5. The Bertz CT molecular complexity index is 800. The van der Waals surface area contributed by atoms with Gasteiger partial charge in [0.25, 0.3) is 5.91 Å². The molecule has 28 heavy (non-hydrogen) atoms. The van der Waals surface area contributed by atoms with Crippen molar-refractivity contribution in [2.24, 2.45) is 5.73 Å². The number of ether oxygens (including phenoxy) is 1. The number of hydrogen-bond donors (Lipinski definition) is 2. The number of aromatic nitrogens is 2. The largest absolute Gasteiger partial charge is 0.378 e. The second-order valence-electron chi connectivity index (χ2n) is 7.48. The van der Waals surface area contributed by atoms with E-state index in [0.29, 0.717) is 43.5 Å². The number of amides is 1. The summed E-state index contributed by atoms with van der Waals surface area (Å²) in [4.78, 5) is 24.1. The number of carbonyl (C=O) groups excluding carboxylic acids is 1. The Morgan fingerprint density at radius 3 is 2.54 bits per heavy atom. The zero-order valence-electron chi connectivity index (χ0n) is 16.0. The summed E-state index contributed by atoms with van der Waals surface area (Å²) in [5, 5.41) is 3.51. The molecule has 1 aromatic heterocycles. The molecule has 2 heterocycles. The Hall–Kier alpha value is -2.51. The highest BCUT2D eigenvalue weighted by Gasteiger charge is 2.25. The summed E-state index contributed by atoms with van der Waals surface area (Å²) in [6.07, 6.45) is 5.60. The topological polar surface area (TPSA) is 93.4 Å². The lowest BCUT2D eigenvalue weighted by atomic mass is 9.92. The second kappa shape index (κ2) is 8.67. The van der Waals surface area contributed by atoms with Crippen molar-refractivity contribution >= 4 is 11.7 Å². The van der Waals surface area contributed by atoms with Gasteiger partial charge in [-0.1, -0.05) is 30.3 Å². The van der Waals surface area contributed by atoms with Crippen molar-refractivity contribution in [3.63, 3.8) is 0 Å². The fourth-order valence-electron chi connectivity index (χ4n) is 3.77. The van der Waals surface area contributed by atoms with Gasteiger partial charge >= 0.3 is 0 Å². The van der Waals surface area contributed by atoms with Gasteiger partial charge in [0, 0.05) is 36.9 Å². The van der Waals surface area contributed by atoms with Crippen molar-refractivity contribution in [3.05, 3.63) is 42.1 Å². The van der Waals surface area contributed by atoms with Crippen LogP contribution in [-0.4, -0.2) is 59.2 Å². The molecule has 2 aliphatic rings. The van der Waals surface area contributed by atoms with Crippen LogP contribution in [0.1, 0.15) is 36.0 Å². The van der Waals surface area contributed by atoms with Crippen LogP contribution in [0.25, 0.3) is 11.4 Å². The maximum atomic E-state index is 13.1. The third kappa shape index (κ3) is 4.31. The highest BCUT2D eigenvalue weighted by molar-refractivity contribution is 5.98. The van der Waals surface area contributed by atoms with Crippen LogP contribution < -0.4 is 11.1 Å². The first-order valence-electron chi connectivity index (χ1n) is 10.0. The molecular weight excluding hydrogens is 354 g/mol. The van der Waals surface area contributed by atoms with E-state index in [9.17, 15) is 4.79 Å². The maximum Gasteiger partial charge on any atom is 0.259 e. The lowest BCUT2D eigenvalue weighted by Crippen LogP contribution is -2.41. The molecule has 0 atom stereocenters. The third-order valence-corrected chi connectivity index (χ3v) is 5.46. The lowest BCUT2D eigenvalue weighted by molar-refractivity contribution is 0.0303. The van der Waals surface area contributed by atoms with Gasteiger partial charge in [0.2, 0.25) is 0 Å². The number of rotatable bonds is 4. The Labute approximate surface area is 165 Å². The van der Waals surface area contributed by atoms with Crippen molar-refractivity contribution in [3.8, 4) is 11.4 Å². The average molecular weight is 381 g/mol. The molecule has 1 aromatic carbocycles. The summed E-state index contributed by atoms with van der Waals surface area (Å²) in [6.45, 7) is 2.32. The minimum absolute atomic E-state index is 0.0436. The number of anilines is 1. The molecule has 7 heteroatoms. The molecule has 148 valence electrons. The van der Waals surface area contributed by atoms with Crippen LogP contribution in [0.4, 0.5) is 5.82 Å². The molecule has 0 radical (unpaired) electrons. The molecule has 1 saturated heterocycles. The van der Waals surface area contributed by atoms with Crippen molar-refractivity contribution in [1.29, 1.82) is 0 Å². The highest BCUT2D eigenvalue weighted by Crippen LogP contribution is 2.25. The van der Waals surface area contributed by atoms with E-state index >= 15 is 0 Å². The quantitative estimate of drug-likeness (QED) is 0.844. The number of nitrogens with two attached hydrogens (primary N) is 1. The van der Waals surface area contributed by atoms with Crippen molar-refractivity contribution in [2.45, 2.75) is 37.8 Å². The SMILES string of the molecule is N[C@H]1CC[C@H](Nc2nc(-c3ccccc3)ncc2C(=O)N2CCOCC2)CC1. The maximum absolute atomic E-state index is 13.1. The van der Waals surface area contributed by atoms with Crippen LogP contribution in [-0.2, 0) is 4.74 Å². The molecule has 1 amide bonds. The van der Waals surface area contributed by atoms with E-state index in [-0.39, 0.29) is 18.0 Å². The van der Waals surface area contributed by atoms with Crippen LogP contribution in [0.15, 0.2) is 36.5 Å². The fraction of sp³-hybridized carbons (Fsp3) is 0.476. The van der Waals surface area contributed by atoms with Gasteiger partial charge in [-0.3, -0.25) is 4.79 Å². The smallest absolute Gasteiger partial charge is 0.259 e. The van der Waals surface area contributed by atoms with Crippen LogP contribution in [0.2, 0.25) is 0 Å². The van der Waals surface area contributed by atoms with E-state index < -0.39 is 0 Å². The number of benzene rings is 1. The minimum atomic E-state index is -0.0436. The lowest BCUT2D eigenvalue weighted by Gasteiger charge is -2.30. The van der Waals surface area contributed by atoms with Crippen LogP contribution in [0, 0.1) is 0 Å². The number of carbonyl (C=O) groups is 1. The van der Waals surface area contributed by atoms with Gasteiger partial charge in [-0.2, -0.15) is 0 Å². The van der Waals surface area contributed by atoms with Gasteiger partial charge in [0.1, 0.15) is 11.4 Å². The first-order chi connectivity index (χ1) is 13.7. The second-order valence-corrected chi connectivity index (χ2v) is 7.48. The molecule has 1 aliphatic carbocycles. The molecule has 2 fully saturated rings.